The van der Waals surface area contributed by atoms with Crippen LogP contribution in [0.15, 0.2) is 61.2 Å². The van der Waals surface area contributed by atoms with Gasteiger partial charge in [-0.15, -0.1) is 0 Å². The second-order valence-electron chi connectivity index (χ2n) is 5.49. The summed E-state index contributed by atoms with van der Waals surface area (Å²) >= 11 is 0. The van der Waals surface area contributed by atoms with Gasteiger partial charge >= 0.3 is 0 Å². The van der Waals surface area contributed by atoms with Crippen molar-refractivity contribution in [3.8, 4) is 11.6 Å². The Hall–Kier alpha value is -3.41. The Bertz CT molecular complexity index is 1020. The molecule has 2 heterocycles. The number of nitrogens with zero attached hydrogens (tertiary/aromatic N) is 4. The van der Waals surface area contributed by atoms with Gasteiger partial charge < -0.3 is 10.4 Å². The van der Waals surface area contributed by atoms with Crippen molar-refractivity contribution in [1.29, 1.82) is 0 Å². The van der Waals surface area contributed by atoms with E-state index in [0.717, 1.165) is 28.1 Å². The maximum atomic E-state index is 9.65. The summed E-state index contributed by atoms with van der Waals surface area (Å²) in [6, 6.07) is 14.9. The van der Waals surface area contributed by atoms with Gasteiger partial charge in [0.2, 0.25) is 0 Å². The van der Waals surface area contributed by atoms with Gasteiger partial charge in [0, 0.05) is 17.8 Å². The zero-order chi connectivity index (χ0) is 16.5. The second-order valence-corrected chi connectivity index (χ2v) is 5.49. The molecule has 2 N–H and O–H groups in total. The van der Waals surface area contributed by atoms with E-state index in [2.05, 4.69) is 20.3 Å². The lowest BCUT2D eigenvalue weighted by Crippen LogP contribution is -2.01. The lowest BCUT2D eigenvalue weighted by molar-refractivity contribution is 0.475. The number of phenols is 1. The first-order valence-electron chi connectivity index (χ1n) is 7.52. The predicted molar refractivity (Wildman–Crippen MR) is 92.8 cm³/mol. The van der Waals surface area contributed by atoms with Crippen molar-refractivity contribution < 1.29 is 5.11 Å². The third-order valence-electron chi connectivity index (χ3n) is 3.84. The second kappa shape index (κ2) is 5.66. The van der Waals surface area contributed by atoms with E-state index in [1.807, 2.05) is 47.9 Å². The Morgan fingerprint density at radius 2 is 1.88 bits per heavy atom. The minimum Gasteiger partial charge on any atom is -0.508 e. The van der Waals surface area contributed by atoms with Crippen molar-refractivity contribution in [3.63, 3.8) is 0 Å². The van der Waals surface area contributed by atoms with Crippen LogP contribution in [0.4, 0.5) is 11.5 Å². The normalized spacial score (nSPS) is 10.9. The van der Waals surface area contributed by atoms with Crippen molar-refractivity contribution in [3.05, 3.63) is 66.7 Å². The van der Waals surface area contributed by atoms with Crippen LogP contribution in [0.3, 0.4) is 0 Å². The van der Waals surface area contributed by atoms with Gasteiger partial charge in [-0.05, 0) is 30.7 Å². The number of aromatic nitrogens is 4. The molecule has 0 saturated heterocycles. The van der Waals surface area contributed by atoms with E-state index < -0.39 is 0 Å². The summed E-state index contributed by atoms with van der Waals surface area (Å²) in [5.74, 6) is 1.57. The fourth-order valence-corrected chi connectivity index (χ4v) is 2.57. The van der Waals surface area contributed by atoms with E-state index in [0.29, 0.717) is 5.82 Å². The zero-order valence-corrected chi connectivity index (χ0v) is 13.0. The quantitative estimate of drug-likeness (QED) is 0.604. The number of rotatable bonds is 3. The summed E-state index contributed by atoms with van der Waals surface area (Å²) in [5, 5.41) is 12.9. The molecule has 0 unspecified atom stereocenters. The van der Waals surface area contributed by atoms with Crippen LogP contribution >= 0.6 is 0 Å². The molecule has 118 valence electrons. The molecular weight excluding hydrogens is 302 g/mol. The van der Waals surface area contributed by atoms with E-state index in [4.69, 9.17) is 0 Å². The SMILES string of the molecule is Cc1ccc(O)cc1Nc1cc(-n2cnc3ccccc32)ncn1. The summed E-state index contributed by atoms with van der Waals surface area (Å²) in [6.45, 7) is 1.97. The van der Waals surface area contributed by atoms with Crippen LogP contribution in [0.2, 0.25) is 0 Å². The monoisotopic (exact) mass is 317 g/mol. The first-order valence-corrected chi connectivity index (χ1v) is 7.52. The van der Waals surface area contributed by atoms with Crippen molar-refractivity contribution >= 4 is 22.5 Å². The molecule has 0 amide bonds. The largest absolute Gasteiger partial charge is 0.508 e. The number of anilines is 2. The molecule has 0 aliphatic heterocycles. The fourth-order valence-electron chi connectivity index (χ4n) is 2.57. The number of imidazole rings is 1. The van der Waals surface area contributed by atoms with E-state index >= 15 is 0 Å². The van der Waals surface area contributed by atoms with Crippen LogP contribution in [0.25, 0.3) is 16.9 Å². The highest BCUT2D eigenvalue weighted by Crippen LogP contribution is 2.25. The Labute approximate surface area is 138 Å². The Kier molecular flexibility index (Phi) is 3.35. The first kappa shape index (κ1) is 14.2. The molecular formula is C18H15N5O. The molecule has 0 fully saturated rings. The number of para-hydroxylation sites is 2. The molecule has 2 aromatic carbocycles. The number of benzene rings is 2. The van der Waals surface area contributed by atoms with Gasteiger partial charge in [-0.3, -0.25) is 4.57 Å². The van der Waals surface area contributed by atoms with Gasteiger partial charge in [0.1, 0.15) is 30.0 Å². The van der Waals surface area contributed by atoms with Gasteiger partial charge in [0.05, 0.1) is 11.0 Å². The summed E-state index contributed by atoms with van der Waals surface area (Å²) in [6.07, 6.45) is 3.25. The van der Waals surface area contributed by atoms with Gasteiger partial charge in [-0.1, -0.05) is 18.2 Å². The van der Waals surface area contributed by atoms with Crippen molar-refractivity contribution in [1.82, 2.24) is 19.5 Å². The maximum absolute atomic E-state index is 9.65. The highest BCUT2D eigenvalue weighted by atomic mass is 16.3. The standard InChI is InChI=1S/C18H15N5O/c1-12-6-7-13(24)8-15(12)22-17-9-18(20-10-19-17)23-11-21-14-4-2-3-5-16(14)23/h2-11,24H,1H3,(H,19,20,22). The number of phenolic OH excluding ortho intramolecular Hbond substituents is 1. The third kappa shape index (κ3) is 2.54. The molecule has 0 spiro atoms. The van der Waals surface area contributed by atoms with Gasteiger partial charge in [0.25, 0.3) is 0 Å². The highest BCUT2D eigenvalue weighted by molar-refractivity contribution is 5.77. The van der Waals surface area contributed by atoms with Crippen LogP contribution in [-0.2, 0) is 0 Å². The average Bonchev–Trinajstić information content (AvgIpc) is 3.03. The first-order chi connectivity index (χ1) is 11.7. The van der Waals surface area contributed by atoms with Gasteiger partial charge in [0.15, 0.2) is 0 Å². The molecule has 0 aliphatic rings. The number of aromatic hydroxyl groups is 1. The lowest BCUT2D eigenvalue weighted by Gasteiger charge is -2.10. The van der Waals surface area contributed by atoms with Crippen LogP contribution in [0.5, 0.6) is 5.75 Å². The molecule has 24 heavy (non-hydrogen) atoms. The fraction of sp³-hybridized carbons (Fsp3) is 0.0556. The molecule has 6 nitrogen and oxygen atoms in total. The van der Waals surface area contributed by atoms with E-state index in [1.165, 1.54) is 6.33 Å². The van der Waals surface area contributed by atoms with Gasteiger partial charge in [-0.2, -0.15) is 0 Å². The van der Waals surface area contributed by atoms with Crippen LogP contribution in [-0.4, -0.2) is 24.6 Å². The molecule has 4 aromatic rings. The molecule has 0 bridgehead atoms. The average molecular weight is 317 g/mol. The number of fused-ring (bicyclic) bond motifs is 1. The number of hydrogen-bond acceptors (Lipinski definition) is 5. The molecule has 2 aromatic heterocycles. The molecule has 0 saturated carbocycles. The lowest BCUT2D eigenvalue weighted by atomic mass is 10.2. The van der Waals surface area contributed by atoms with Crippen LogP contribution in [0.1, 0.15) is 5.56 Å². The Morgan fingerprint density at radius 1 is 1.00 bits per heavy atom. The van der Waals surface area contributed by atoms with Crippen LogP contribution in [0, 0.1) is 6.92 Å². The summed E-state index contributed by atoms with van der Waals surface area (Å²) < 4.78 is 1.91. The minimum atomic E-state index is 0.206. The van der Waals surface area contributed by atoms with E-state index in [9.17, 15) is 5.11 Å². The molecule has 6 heteroatoms. The molecule has 0 radical (unpaired) electrons. The summed E-state index contributed by atoms with van der Waals surface area (Å²) in [4.78, 5) is 13.0. The van der Waals surface area contributed by atoms with Crippen molar-refractivity contribution in [2.75, 3.05) is 5.32 Å². The van der Waals surface area contributed by atoms with Crippen molar-refractivity contribution in [2.45, 2.75) is 6.92 Å². The maximum Gasteiger partial charge on any atom is 0.143 e. The molecule has 0 atom stereocenters. The van der Waals surface area contributed by atoms with Gasteiger partial charge in [-0.25, -0.2) is 15.0 Å². The third-order valence-corrected chi connectivity index (χ3v) is 3.84. The highest BCUT2D eigenvalue weighted by Gasteiger charge is 2.07. The smallest absolute Gasteiger partial charge is 0.143 e. The topological polar surface area (TPSA) is 75.9 Å². The van der Waals surface area contributed by atoms with E-state index in [1.54, 1.807) is 18.5 Å². The molecule has 4 rings (SSSR count). The zero-order valence-electron chi connectivity index (χ0n) is 13.0. The minimum absolute atomic E-state index is 0.206. The summed E-state index contributed by atoms with van der Waals surface area (Å²) in [7, 11) is 0. The summed E-state index contributed by atoms with van der Waals surface area (Å²) in [5.41, 5.74) is 3.71. The number of hydrogen-bond donors (Lipinski definition) is 2. The Morgan fingerprint density at radius 3 is 2.79 bits per heavy atom. The van der Waals surface area contributed by atoms with Crippen LogP contribution < -0.4 is 5.32 Å². The van der Waals surface area contributed by atoms with Crippen molar-refractivity contribution in [2.24, 2.45) is 0 Å². The molecule has 0 aliphatic carbocycles. The Balaban J connectivity index is 1.73. The number of nitrogens with one attached hydrogen (secondary N) is 1. The van der Waals surface area contributed by atoms with E-state index in [-0.39, 0.29) is 5.75 Å². The predicted octanol–water partition coefficient (Wildman–Crippen LogP) is 3.57. The number of aryl methyl sites for hydroxylation is 1.